The minimum atomic E-state index is -0.409. The number of hydrogen-bond donors (Lipinski definition) is 0. The molecule has 19 heavy (non-hydrogen) atoms. The van der Waals surface area contributed by atoms with Gasteiger partial charge in [-0.3, -0.25) is 4.79 Å². The predicted octanol–water partition coefficient (Wildman–Crippen LogP) is 4.89. The number of carbonyl (C=O) groups is 1. The second kappa shape index (κ2) is 5.53. The lowest BCUT2D eigenvalue weighted by Crippen LogP contribution is -1.99. The molecule has 0 saturated heterocycles. The van der Waals surface area contributed by atoms with E-state index in [4.69, 9.17) is 4.74 Å². The van der Waals surface area contributed by atoms with Crippen molar-refractivity contribution in [1.82, 2.24) is 0 Å². The van der Waals surface area contributed by atoms with E-state index in [9.17, 15) is 9.18 Å². The monoisotopic (exact) mass is 322 g/mol. The van der Waals surface area contributed by atoms with E-state index < -0.39 is 5.82 Å². The highest BCUT2D eigenvalue weighted by Crippen LogP contribution is 2.29. The van der Waals surface area contributed by atoms with Crippen molar-refractivity contribution in [3.05, 3.63) is 57.8 Å². The Labute approximate surface area is 119 Å². The number of aryl methyl sites for hydroxylation is 1. The summed E-state index contributed by atoms with van der Waals surface area (Å²) in [6, 6.07) is 9.96. The van der Waals surface area contributed by atoms with Gasteiger partial charge in [0.15, 0.2) is 5.78 Å². The molecule has 0 N–H and O–H groups in total. The first kappa shape index (κ1) is 13.7. The molecule has 0 spiro atoms. The van der Waals surface area contributed by atoms with E-state index in [-0.39, 0.29) is 11.3 Å². The van der Waals surface area contributed by atoms with E-state index in [2.05, 4.69) is 15.9 Å². The van der Waals surface area contributed by atoms with Crippen LogP contribution < -0.4 is 4.74 Å². The van der Waals surface area contributed by atoms with Crippen LogP contribution in [0.1, 0.15) is 22.8 Å². The van der Waals surface area contributed by atoms with E-state index in [0.717, 1.165) is 4.47 Å². The Morgan fingerprint density at radius 3 is 2.42 bits per heavy atom. The Kier molecular flexibility index (Phi) is 4.00. The molecule has 0 heterocycles. The molecule has 2 nitrogen and oxygen atoms in total. The molecule has 4 heteroatoms. The van der Waals surface area contributed by atoms with E-state index in [0.29, 0.717) is 17.1 Å². The number of carbonyl (C=O) groups excluding carboxylic acids is 1. The van der Waals surface area contributed by atoms with E-state index in [1.54, 1.807) is 19.1 Å². The molecular formula is C15H12BrFO2. The molecule has 0 radical (unpaired) electrons. The van der Waals surface area contributed by atoms with Gasteiger partial charge >= 0.3 is 0 Å². The van der Waals surface area contributed by atoms with E-state index in [1.807, 2.05) is 12.1 Å². The molecule has 98 valence electrons. The summed E-state index contributed by atoms with van der Waals surface area (Å²) < 4.78 is 20.1. The average molecular weight is 323 g/mol. The Morgan fingerprint density at radius 2 is 1.84 bits per heavy atom. The second-order valence-electron chi connectivity index (χ2n) is 4.21. The number of ether oxygens (including phenoxy) is 1. The molecule has 0 fully saturated rings. The molecule has 2 aromatic rings. The Hall–Kier alpha value is -1.68. The van der Waals surface area contributed by atoms with Crippen molar-refractivity contribution in [3.63, 3.8) is 0 Å². The van der Waals surface area contributed by atoms with Crippen LogP contribution in [0.5, 0.6) is 11.5 Å². The van der Waals surface area contributed by atoms with E-state index >= 15 is 0 Å². The summed E-state index contributed by atoms with van der Waals surface area (Å²) in [5, 5.41) is 0. The zero-order valence-corrected chi connectivity index (χ0v) is 12.1. The predicted molar refractivity (Wildman–Crippen MR) is 75.4 cm³/mol. The number of halogens is 2. The topological polar surface area (TPSA) is 26.3 Å². The molecule has 0 aliphatic heterocycles. The van der Waals surface area contributed by atoms with Crippen LogP contribution in [0.15, 0.2) is 40.9 Å². The van der Waals surface area contributed by atoms with Crippen molar-refractivity contribution in [1.29, 1.82) is 0 Å². The Balaban J connectivity index is 2.41. The third-order valence-corrected chi connectivity index (χ3v) is 3.21. The van der Waals surface area contributed by atoms with Crippen LogP contribution in [0, 0.1) is 12.7 Å². The molecular weight excluding hydrogens is 311 g/mol. The Morgan fingerprint density at radius 1 is 1.21 bits per heavy atom. The normalized spacial score (nSPS) is 10.3. The molecule has 0 aromatic heterocycles. The van der Waals surface area contributed by atoms with Crippen LogP contribution in [-0.4, -0.2) is 5.78 Å². The number of ketones is 1. The van der Waals surface area contributed by atoms with Crippen LogP contribution in [0.25, 0.3) is 0 Å². The van der Waals surface area contributed by atoms with Crippen LogP contribution in [0.2, 0.25) is 0 Å². The lowest BCUT2D eigenvalue weighted by Gasteiger charge is -2.11. The largest absolute Gasteiger partial charge is 0.457 e. The second-order valence-corrected chi connectivity index (χ2v) is 5.13. The molecule has 2 rings (SSSR count). The Bertz CT molecular complexity index is 621. The molecule has 0 bridgehead atoms. The zero-order valence-electron chi connectivity index (χ0n) is 10.5. The van der Waals surface area contributed by atoms with Gasteiger partial charge < -0.3 is 4.74 Å². The van der Waals surface area contributed by atoms with Crippen molar-refractivity contribution in [2.45, 2.75) is 13.8 Å². The summed E-state index contributed by atoms with van der Waals surface area (Å²) in [6.07, 6.45) is 0. The molecule has 0 amide bonds. The average Bonchev–Trinajstić information content (AvgIpc) is 2.36. The molecule has 0 aliphatic rings. The van der Waals surface area contributed by atoms with Gasteiger partial charge in [0.2, 0.25) is 0 Å². The van der Waals surface area contributed by atoms with Gasteiger partial charge in [-0.15, -0.1) is 0 Å². The maximum absolute atomic E-state index is 13.5. The number of benzene rings is 2. The highest BCUT2D eigenvalue weighted by molar-refractivity contribution is 9.10. The fourth-order valence-corrected chi connectivity index (χ4v) is 1.91. The summed E-state index contributed by atoms with van der Waals surface area (Å²) >= 11 is 3.33. The van der Waals surface area contributed by atoms with Gasteiger partial charge in [0.1, 0.15) is 17.3 Å². The SMILES string of the molecule is CC(=O)c1cc(F)c(C)cc1Oc1ccc(Br)cc1. The van der Waals surface area contributed by atoms with Crippen molar-refractivity contribution in [2.24, 2.45) is 0 Å². The maximum Gasteiger partial charge on any atom is 0.163 e. The van der Waals surface area contributed by atoms with Crippen LogP contribution in [-0.2, 0) is 0 Å². The maximum atomic E-state index is 13.5. The molecule has 0 unspecified atom stereocenters. The quantitative estimate of drug-likeness (QED) is 0.752. The lowest BCUT2D eigenvalue weighted by molar-refractivity contribution is 0.101. The summed E-state index contributed by atoms with van der Waals surface area (Å²) in [4.78, 5) is 11.5. The summed E-state index contributed by atoms with van der Waals surface area (Å²) in [7, 11) is 0. The van der Waals surface area contributed by atoms with Gasteiger partial charge in [-0.05, 0) is 55.8 Å². The minimum absolute atomic E-state index is 0.231. The highest BCUT2D eigenvalue weighted by atomic mass is 79.9. The fraction of sp³-hybridized carbons (Fsp3) is 0.133. The molecule has 2 aromatic carbocycles. The number of rotatable bonds is 3. The van der Waals surface area contributed by atoms with Crippen LogP contribution in [0.4, 0.5) is 4.39 Å². The molecule has 0 saturated carbocycles. The van der Waals surface area contributed by atoms with Crippen LogP contribution >= 0.6 is 15.9 Å². The first-order chi connectivity index (χ1) is 8.97. The van der Waals surface area contributed by atoms with Crippen molar-refractivity contribution >= 4 is 21.7 Å². The van der Waals surface area contributed by atoms with Crippen molar-refractivity contribution < 1.29 is 13.9 Å². The first-order valence-corrected chi connectivity index (χ1v) is 6.51. The molecule has 0 atom stereocenters. The van der Waals surface area contributed by atoms with Gasteiger partial charge in [0.25, 0.3) is 0 Å². The van der Waals surface area contributed by atoms with Gasteiger partial charge in [0, 0.05) is 4.47 Å². The fourth-order valence-electron chi connectivity index (χ4n) is 1.64. The summed E-state index contributed by atoms with van der Waals surface area (Å²) in [5.74, 6) is 0.324. The molecule has 0 aliphatic carbocycles. The van der Waals surface area contributed by atoms with E-state index in [1.165, 1.54) is 19.1 Å². The minimum Gasteiger partial charge on any atom is -0.457 e. The first-order valence-electron chi connectivity index (χ1n) is 5.72. The lowest BCUT2D eigenvalue weighted by atomic mass is 10.1. The van der Waals surface area contributed by atoms with Gasteiger partial charge in [-0.2, -0.15) is 0 Å². The zero-order chi connectivity index (χ0) is 14.0. The van der Waals surface area contributed by atoms with Crippen molar-refractivity contribution in [2.75, 3.05) is 0 Å². The van der Waals surface area contributed by atoms with Crippen molar-refractivity contribution in [3.8, 4) is 11.5 Å². The summed E-state index contributed by atoms with van der Waals surface area (Å²) in [5.41, 5.74) is 0.683. The highest BCUT2D eigenvalue weighted by Gasteiger charge is 2.13. The third-order valence-electron chi connectivity index (χ3n) is 2.68. The van der Waals surface area contributed by atoms with Gasteiger partial charge in [-0.1, -0.05) is 15.9 Å². The third kappa shape index (κ3) is 3.20. The smallest absolute Gasteiger partial charge is 0.163 e. The van der Waals surface area contributed by atoms with Gasteiger partial charge in [-0.25, -0.2) is 4.39 Å². The number of Topliss-reactive ketones (excluding diaryl/α,β-unsaturated/α-hetero) is 1. The number of hydrogen-bond acceptors (Lipinski definition) is 2. The van der Waals surface area contributed by atoms with Crippen LogP contribution in [0.3, 0.4) is 0 Å². The van der Waals surface area contributed by atoms with Gasteiger partial charge in [0.05, 0.1) is 5.56 Å². The standard InChI is InChI=1S/C15H12BrFO2/c1-9-7-15(13(10(2)18)8-14(9)17)19-12-5-3-11(16)4-6-12/h3-8H,1-2H3. The summed E-state index contributed by atoms with van der Waals surface area (Å²) in [6.45, 7) is 3.02.